The van der Waals surface area contributed by atoms with Crippen molar-refractivity contribution >= 4 is 34.9 Å². The number of hydrogen-bond acceptors (Lipinski definition) is 3. The molecule has 1 N–H and O–H groups in total. The van der Waals surface area contributed by atoms with E-state index in [1.165, 1.54) is 7.05 Å². The van der Waals surface area contributed by atoms with Crippen LogP contribution < -0.4 is 10.2 Å². The maximum absolute atomic E-state index is 13.4. The van der Waals surface area contributed by atoms with E-state index in [4.69, 9.17) is 11.6 Å². The van der Waals surface area contributed by atoms with Crippen molar-refractivity contribution in [2.24, 2.45) is 0 Å². The molecule has 100 valence electrons. The van der Waals surface area contributed by atoms with Gasteiger partial charge in [-0.2, -0.15) is 0 Å². The van der Waals surface area contributed by atoms with Crippen LogP contribution in [0.15, 0.2) is 12.1 Å². The minimum atomic E-state index is -0.777. The Morgan fingerprint density at radius 1 is 1.42 bits per heavy atom. The highest BCUT2D eigenvalue weighted by atomic mass is 35.5. The van der Waals surface area contributed by atoms with Crippen molar-refractivity contribution in [3.05, 3.63) is 28.5 Å². The Bertz CT molecular complexity index is 589. The van der Waals surface area contributed by atoms with Crippen LogP contribution in [0.5, 0.6) is 0 Å². The lowest BCUT2D eigenvalue weighted by Crippen LogP contribution is -2.33. The summed E-state index contributed by atoms with van der Waals surface area (Å²) >= 11 is 5.58. The second-order valence-electron chi connectivity index (χ2n) is 3.99. The third kappa shape index (κ3) is 2.31. The lowest BCUT2D eigenvalue weighted by Gasteiger charge is -2.15. The minimum absolute atomic E-state index is 0.0122. The average Bonchev–Trinajstić information content (AvgIpc) is 2.61. The molecule has 1 aliphatic heterocycles. The monoisotopic (exact) mass is 284 g/mol. The molecule has 0 aromatic heterocycles. The smallest absolute Gasteiger partial charge is 0.299 e. The van der Waals surface area contributed by atoms with Crippen LogP contribution in [0, 0.1) is 5.82 Å². The fourth-order valence-electron chi connectivity index (χ4n) is 1.85. The van der Waals surface area contributed by atoms with Gasteiger partial charge in [0.15, 0.2) is 0 Å². The molecule has 5 nitrogen and oxygen atoms in total. The minimum Gasteiger partial charge on any atom is -0.359 e. The molecule has 1 aromatic rings. The van der Waals surface area contributed by atoms with Gasteiger partial charge in [-0.05, 0) is 12.1 Å². The van der Waals surface area contributed by atoms with E-state index in [1.807, 2.05) is 0 Å². The highest BCUT2D eigenvalue weighted by molar-refractivity contribution is 6.52. The van der Waals surface area contributed by atoms with Gasteiger partial charge >= 0.3 is 0 Å². The van der Waals surface area contributed by atoms with E-state index >= 15 is 0 Å². The Balaban J connectivity index is 2.33. The molecule has 0 bridgehead atoms. The summed E-state index contributed by atoms with van der Waals surface area (Å²) in [4.78, 5) is 35.7. The molecule has 0 aliphatic carbocycles. The quantitative estimate of drug-likeness (QED) is 0.847. The Labute approximate surface area is 113 Å². The van der Waals surface area contributed by atoms with E-state index in [2.05, 4.69) is 5.32 Å². The highest BCUT2D eigenvalue weighted by Crippen LogP contribution is 2.33. The van der Waals surface area contributed by atoms with Crippen LogP contribution in [-0.4, -0.2) is 31.2 Å². The van der Waals surface area contributed by atoms with E-state index < -0.39 is 17.5 Å². The fourth-order valence-corrected chi connectivity index (χ4v) is 2.01. The molecule has 2 rings (SSSR count). The lowest BCUT2D eigenvalue weighted by molar-refractivity contribution is -0.120. The molecule has 0 unspecified atom stereocenters. The summed E-state index contributed by atoms with van der Waals surface area (Å²) in [6.07, 6.45) is 0.0270. The van der Waals surface area contributed by atoms with Crippen LogP contribution in [0.25, 0.3) is 0 Å². The largest absolute Gasteiger partial charge is 0.359 e. The van der Waals surface area contributed by atoms with Crippen LogP contribution in [0.2, 0.25) is 5.02 Å². The third-order valence-electron chi connectivity index (χ3n) is 2.85. The maximum Gasteiger partial charge on any atom is 0.299 e. The molecular weight excluding hydrogens is 275 g/mol. The second-order valence-corrected chi connectivity index (χ2v) is 4.40. The number of benzene rings is 1. The molecule has 0 radical (unpaired) electrons. The van der Waals surface area contributed by atoms with E-state index in [1.54, 1.807) is 0 Å². The zero-order chi connectivity index (χ0) is 14.2. The van der Waals surface area contributed by atoms with Gasteiger partial charge in [0.25, 0.3) is 11.7 Å². The summed E-state index contributed by atoms with van der Waals surface area (Å²) < 4.78 is 13.4. The summed E-state index contributed by atoms with van der Waals surface area (Å²) in [6.45, 7) is 0.0122. The number of nitrogens with one attached hydrogen (secondary N) is 1. The maximum atomic E-state index is 13.4. The number of Topliss-reactive ketones (excluding diaryl/α,β-unsaturated/α-hetero) is 1. The van der Waals surface area contributed by atoms with Gasteiger partial charge in [0, 0.05) is 20.0 Å². The number of carbonyl (C=O) groups is 3. The van der Waals surface area contributed by atoms with Gasteiger partial charge in [0.1, 0.15) is 5.82 Å². The van der Waals surface area contributed by atoms with Gasteiger partial charge in [-0.3, -0.25) is 14.4 Å². The van der Waals surface area contributed by atoms with Gasteiger partial charge < -0.3 is 10.2 Å². The molecule has 0 spiro atoms. The van der Waals surface area contributed by atoms with Crippen molar-refractivity contribution in [2.45, 2.75) is 6.42 Å². The van der Waals surface area contributed by atoms with Crippen LogP contribution in [0.4, 0.5) is 10.1 Å². The van der Waals surface area contributed by atoms with Crippen molar-refractivity contribution < 1.29 is 18.8 Å². The first kappa shape index (κ1) is 13.5. The number of halogens is 2. The van der Waals surface area contributed by atoms with E-state index in [-0.39, 0.29) is 35.1 Å². The van der Waals surface area contributed by atoms with E-state index in [0.717, 1.165) is 17.0 Å². The topological polar surface area (TPSA) is 66.5 Å². The van der Waals surface area contributed by atoms with Gasteiger partial charge in [-0.25, -0.2) is 4.39 Å². The summed E-state index contributed by atoms with van der Waals surface area (Å²) in [5.41, 5.74) is 0.217. The Morgan fingerprint density at radius 2 is 2.11 bits per heavy atom. The first-order valence-electron chi connectivity index (χ1n) is 5.51. The third-order valence-corrected chi connectivity index (χ3v) is 3.14. The second kappa shape index (κ2) is 4.97. The summed E-state index contributed by atoms with van der Waals surface area (Å²) in [5, 5.41) is 2.19. The van der Waals surface area contributed by atoms with Gasteiger partial charge in [-0.15, -0.1) is 0 Å². The zero-order valence-electron chi connectivity index (χ0n) is 10.00. The number of nitrogens with zero attached hydrogens (tertiary/aromatic N) is 1. The summed E-state index contributed by atoms with van der Waals surface area (Å²) in [7, 11) is 1.46. The van der Waals surface area contributed by atoms with Crippen LogP contribution >= 0.6 is 11.6 Å². The molecule has 0 saturated heterocycles. The molecule has 19 heavy (non-hydrogen) atoms. The molecule has 0 atom stereocenters. The van der Waals surface area contributed by atoms with Crippen LogP contribution in [0.1, 0.15) is 16.8 Å². The van der Waals surface area contributed by atoms with Crippen molar-refractivity contribution in [1.82, 2.24) is 5.32 Å². The SMILES string of the molecule is CNC(=O)CCN1C(=O)C(=O)c2cc(Cl)c(F)cc21. The number of anilines is 1. The highest BCUT2D eigenvalue weighted by Gasteiger charge is 2.36. The first-order chi connectivity index (χ1) is 8.95. The molecule has 0 fully saturated rings. The Morgan fingerprint density at radius 3 is 2.74 bits per heavy atom. The first-order valence-corrected chi connectivity index (χ1v) is 5.89. The average molecular weight is 285 g/mol. The van der Waals surface area contributed by atoms with Gasteiger partial charge in [0.05, 0.1) is 16.3 Å². The normalized spacial score (nSPS) is 13.7. The Kier molecular flexibility index (Phi) is 3.53. The predicted octanol–water partition coefficient (Wildman–Crippen LogP) is 1.14. The standard InChI is InChI=1S/C12H10ClFN2O3/c1-15-10(17)2-3-16-9-5-8(14)7(13)4-6(9)11(18)12(16)19/h4-5H,2-3H2,1H3,(H,15,17). The molecule has 7 heteroatoms. The number of hydrogen-bond donors (Lipinski definition) is 1. The summed E-state index contributed by atoms with van der Waals surface area (Å²) in [6, 6.07) is 2.16. The Hall–Kier alpha value is -1.95. The zero-order valence-corrected chi connectivity index (χ0v) is 10.8. The van der Waals surface area contributed by atoms with Crippen LogP contribution in [0.3, 0.4) is 0 Å². The molecule has 0 saturated carbocycles. The number of amides is 2. The van der Waals surface area contributed by atoms with Gasteiger partial charge in [-0.1, -0.05) is 11.6 Å². The van der Waals surface area contributed by atoms with Gasteiger partial charge in [0.2, 0.25) is 5.91 Å². The van der Waals surface area contributed by atoms with Crippen LogP contribution in [-0.2, 0) is 9.59 Å². The molecular formula is C12H10ClFN2O3. The van der Waals surface area contributed by atoms with E-state index in [0.29, 0.717) is 0 Å². The number of carbonyl (C=O) groups excluding carboxylic acids is 3. The fraction of sp³-hybridized carbons (Fsp3) is 0.250. The van der Waals surface area contributed by atoms with Crippen molar-refractivity contribution in [3.8, 4) is 0 Å². The molecule has 1 heterocycles. The summed E-state index contributed by atoms with van der Waals surface area (Å²) in [5.74, 6) is -2.51. The number of fused-ring (bicyclic) bond motifs is 1. The molecule has 2 amide bonds. The van der Waals surface area contributed by atoms with Crippen molar-refractivity contribution in [1.29, 1.82) is 0 Å². The van der Waals surface area contributed by atoms with E-state index in [9.17, 15) is 18.8 Å². The lowest BCUT2D eigenvalue weighted by atomic mass is 10.1. The molecule has 1 aliphatic rings. The number of rotatable bonds is 3. The predicted molar refractivity (Wildman–Crippen MR) is 66.8 cm³/mol. The molecule has 1 aromatic carbocycles. The van der Waals surface area contributed by atoms with Crippen molar-refractivity contribution in [2.75, 3.05) is 18.5 Å². The van der Waals surface area contributed by atoms with Crippen molar-refractivity contribution in [3.63, 3.8) is 0 Å². The number of ketones is 1.